The number of carbonyl (C=O) groups is 1. The van der Waals surface area contributed by atoms with Gasteiger partial charge in [0.05, 0.1) is 23.8 Å². The molecule has 0 aliphatic rings. The monoisotopic (exact) mass is 337 g/mol. The number of anilines is 3. The van der Waals surface area contributed by atoms with Crippen LogP contribution in [0.5, 0.6) is 0 Å². The van der Waals surface area contributed by atoms with Crippen LogP contribution in [0.1, 0.15) is 21.7 Å². The first-order valence-electron chi connectivity index (χ1n) is 7.61. The Morgan fingerprint density at radius 2 is 1.88 bits per heavy atom. The van der Waals surface area contributed by atoms with Crippen LogP contribution in [0.4, 0.5) is 21.6 Å². The van der Waals surface area contributed by atoms with E-state index in [-0.39, 0.29) is 11.5 Å². The molecule has 0 bridgehead atoms. The first kappa shape index (κ1) is 16.5. The van der Waals surface area contributed by atoms with Gasteiger partial charge in [0.25, 0.3) is 5.91 Å². The third kappa shape index (κ3) is 3.95. The molecule has 0 aromatic carbocycles. The predicted molar refractivity (Wildman–Crippen MR) is 93.4 cm³/mol. The van der Waals surface area contributed by atoms with Crippen molar-refractivity contribution in [2.75, 3.05) is 10.6 Å². The molecule has 1 amide bonds. The Bertz CT molecular complexity index is 912. The van der Waals surface area contributed by atoms with E-state index in [9.17, 15) is 9.18 Å². The summed E-state index contributed by atoms with van der Waals surface area (Å²) < 4.78 is 12.9. The molecule has 2 N–H and O–H groups in total. The van der Waals surface area contributed by atoms with Gasteiger partial charge in [0.2, 0.25) is 0 Å². The first-order chi connectivity index (χ1) is 12.0. The maximum atomic E-state index is 12.9. The summed E-state index contributed by atoms with van der Waals surface area (Å²) in [5.41, 5.74) is 3.23. The van der Waals surface area contributed by atoms with Gasteiger partial charge in [0.15, 0.2) is 5.69 Å². The molecule has 0 spiro atoms. The van der Waals surface area contributed by atoms with Crippen LogP contribution >= 0.6 is 0 Å². The number of pyridine rings is 3. The molecular weight excluding hydrogens is 321 g/mol. The Morgan fingerprint density at radius 1 is 1.04 bits per heavy atom. The second kappa shape index (κ2) is 7.04. The van der Waals surface area contributed by atoms with Gasteiger partial charge in [-0.3, -0.25) is 9.78 Å². The fourth-order valence-corrected chi connectivity index (χ4v) is 2.20. The average molecular weight is 337 g/mol. The number of halogens is 1. The highest BCUT2D eigenvalue weighted by Crippen LogP contribution is 2.23. The van der Waals surface area contributed by atoms with Crippen molar-refractivity contribution < 1.29 is 9.18 Å². The van der Waals surface area contributed by atoms with Crippen LogP contribution < -0.4 is 10.6 Å². The number of rotatable bonds is 4. The van der Waals surface area contributed by atoms with Crippen molar-refractivity contribution >= 4 is 23.1 Å². The SMILES string of the molecule is Cc1ccc(Nc2cnccc2C)c(C(=O)Nc2ccc(F)cn2)n1. The predicted octanol–water partition coefficient (Wildman–Crippen LogP) is 3.62. The molecule has 3 aromatic heterocycles. The maximum Gasteiger partial charge on any atom is 0.277 e. The smallest absolute Gasteiger partial charge is 0.277 e. The summed E-state index contributed by atoms with van der Waals surface area (Å²) in [6.45, 7) is 3.74. The van der Waals surface area contributed by atoms with Crippen molar-refractivity contribution in [2.45, 2.75) is 13.8 Å². The second-order valence-corrected chi connectivity index (χ2v) is 5.48. The molecule has 3 heterocycles. The van der Waals surface area contributed by atoms with Crippen molar-refractivity contribution in [1.29, 1.82) is 0 Å². The van der Waals surface area contributed by atoms with Crippen LogP contribution in [0.15, 0.2) is 48.9 Å². The summed E-state index contributed by atoms with van der Waals surface area (Å²) in [6.07, 6.45) is 4.41. The number of aromatic nitrogens is 3. The Kier molecular flexibility index (Phi) is 4.65. The summed E-state index contributed by atoms with van der Waals surface area (Å²) in [6, 6.07) is 8.07. The van der Waals surface area contributed by atoms with Crippen LogP contribution in [-0.2, 0) is 0 Å². The van der Waals surface area contributed by atoms with Crippen LogP contribution in [0.3, 0.4) is 0 Å². The van der Waals surface area contributed by atoms with Crippen molar-refractivity contribution in [1.82, 2.24) is 15.0 Å². The second-order valence-electron chi connectivity index (χ2n) is 5.48. The molecule has 0 fully saturated rings. The van der Waals surface area contributed by atoms with Gasteiger partial charge >= 0.3 is 0 Å². The van der Waals surface area contributed by atoms with Crippen LogP contribution in [-0.4, -0.2) is 20.9 Å². The number of amides is 1. The number of hydrogen-bond donors (Lipinski definition) is 2. The minimum Gasteiger partial charge on any atom is -0.352 e. The summed E-state index contributed by atoms with van der Waals surface area (Å²) in [7, 11) is 0. The molecule has 0 saturated heterocycles. The molecule has 6 nitrogen and oxygen atoms in total. The van der Waals surface area contributed by atoms with E-state index in [0.29, 0.717) is 11.4 Å². The van der Waals surface area contributed by atoms with Crippen LogP contribution in [0.25, 0.3) is 0 Å². The Balaban J connectivity index is 1.89. The lowest BCUT2D eigenvalue weighted by Gasteiger charge is -2.13. The Labute approximate surface area is 144 Å². The third-order valence-electron chi connectivity index (χ3n) is 3.53. The largest absolute Gasteiger partial charge is 0.352 e. The molecule has 0 saturated carbocycles. The van der Waals surface area contributed by atoms with Crippen molar-refractivity contribution in [3.8, 4) is 0 Å². The zero-order valence-corrected chi connectivity index (χ0v) is 13.7. The van der Waals surface area contributed by atoms with Gasteiger partial charge in [-0.05, 0) is 49.7 Å². The first-order valence-corrected chi connectivity index (χ1v) is 7.61. The van der Waals surface area contributed by atoms with Gasteiger partial charge in [-0.15, -0.1) is 0 Å². The average Bonchev–Trinajstić information content (AvgIpc) is 2.60. The van der Waals surface area contributed by atoms with Gasteiger partial charge in [0.1, 0.15) is 11.6 Å². The third-order valence-corrected chi connectivity index (χ3v) is 3.53. The summed E-state index contributed by atoms with van der Waals surface area (Å²) in [4.78, 5) is 24.8. The van der Waals surface area contributed by atoms with E-state index in [1.54, 1.807) is 31.5 Å². The van der Waals surface area contributed by atoms with Crippen LogP contribution in [0.2, 0.25) is 0 Å². The van der Waals surface area contributed by atoms with Gasteiger partial charge in [-0.25, -0.2) is 14.4 Å². The lowest BCUT2D eigenvalue weighted by molar-refractivity contribution is 0.102. The van der Waals surface area contributed by atoms with Crippen molar-refractivity contribution in [2.24, 2.45) is 0 Å². The zero-order valence-electron chi connectivity index (χ0n) is 13.7. The maximum absolute atomic E-state index is 12.9. The van der Waals surface area contributed by atoms with Gasteiger partial charge in [-0.2, -0.15) is 0 Å². The molecule has 25 heavy (non-hydrogen) atoms. The lowest BCUT2D eigenvalue weighted by Crippen LogP contribution is -2.17. The molecule has 3 aromatic rings. The standard InChI is InChI=1S/C18H16FN5O/c1-11-7-8-20-10-15(11)23-14-5-3-12(2)22-17(14)18(25)24-16-6-4-13(19)9-21-16/h3-10,23H,1-2H3,(H,21,24,25). The van der Waals surface area contributed by atoms with E-state index in [1.165, 1.54) is 12.1 Å². The molecule has 3 rings (SSSR count). The fourth-order valence-electron chi connectivity index (χ4n) is 2.20. The number of hydrogen-bond acceptors (Lipinski definition) is 5. The lowest BCUT2D eigenvalue weighted by atomic mass is 10.2. The summed E-state index contributed by atoms with van der Waals surface area (Å²) >= 11 is 0. The highest BCUT2D eigenvalue weighted by molar-refractivity contribution is 6.06. The summed E-state index contributed by atoms with van der Waals surface area (Å²) in [5.74, 6) is -0.661. The van der Waals surface area contributed by atoms with Gasteiger partial charge < -0.3 is 10.6 Å². The van der Waals surface area contributed by atoms with E-state index in [4.69, 9.17) is 0 Å². The highest BCUT2D eigenvalue weighted by atomic mass is 19.1. The topological polar surface area (TPSA) is 79.8 Å². The summed E-state index contributed by atoms with van der Waals surface area (Å²) in [5, 5.41) is 5.80. The highest BCUT2D eigenvalue weighted by Gasteiger charge is 2.15. The minimum atomic E-state index is -0.471. The molecule has 0 atom stereocenters. The molecule has 7 heteroatoms. The van der Waals surface area contributed by atoms with Crippen molar-refractivity contribution in [3.63, 3.8) is 0 Å². The number of nitrogens with one attached hydrogen (secondary N) is 2. The van der Waals surface area contributed by atoms with Gasteiger partial charge in [-0.1, -0.05) is 0 Å². The number of aryl methyl sites for hydroxylation is 2. The fraction of sp³-hybridized carbons (Fsp3) is 0.111. The zero-order chi connectivity index (χ0) is 17.8. The van der Waals surface area contributed by atoms with E-state index >= 15 is 0 Å². The number of carbonyl (C=O) groups excluding carboxylic acids is 1. The number of nitrogens with zero attached hydrogens (tertiary/aromatic N) is 3. The van der Waals surface area contributed by atoms with Crippen LogP contribution in [0, 0.1) is 19.7 Å². The molecule has 0 unspecified atom stereocenters. The van der Waals surface area contributed by atoms with E-state index in [1.807, 2.05) is 13.0 Å². The Morgan fingerprint density at radius 3 is 2.60 bits per heavy atom. The molecular formula is C18H16FN5O. The molecule has 126 valence electrons. The van der Waals surface area contributed by atoms with E-state index in [0.717, 1.165) is 17.4 Å². The quantitative estimate of drug-likeness (QED) is 0.760. The molecule has 0 aliphatic carbocycles. The Hall–Kier alpha value is -3.35. The molecule has 0 radical (unpaired) electrons. The normalized spacial score (nSPS) is 10.4. The molecule has 0 aliphatic heterocycles. The van der Waals surface area contributed by atoms with Crippen molar-refractivity contribution in [3.05, 3.63) is 71.7 Å². The van der Waals surface area contributed by atoms with E-state index in [2.05, 4.69) is 25.6 Å². The van der Waals surface area contributed by atoms with Gasteiger partial charge in [0, 0.05) is 11.9 Å². The van der Waals surface area contributed by atoms with E-state index < -0.39 is 11.7 Å². The minimum absolute atomic E-state index is 0.217.